The maximum Gasteiger partial charge on any atom is 0.278 e. The first-order valence-corrected chi connectivity index (χ1v) is 5.86. The Morgan fingerprint density at radius 3 is 1.41 bits per heavy atom. The van der Waals surface area contributed by atoms with E-state index in [2.05, 4.69) is 0 Å². The first kappa shape index (κ1) is 14.6. The number of hydrogen-bond acceptors (Lipinski definition) is 6. The topological polar surface area (TPSA) is 134 Å². The van der Waals surface area contributed by atoms with Crippen LogP contribution in [0.3, 0.4) is 0 Å². The Labute approximate surface area is 123 Å². The molecule has 0 bridgehead atoms. The monoisotopic (exact) mass is 294 g/mol. The fraction of sp³-hybridized carbons (Fsp3) is 0. The second kappa shape index (κ2) is 5.69. The molecule has 0 aliphatic heterocycles. The third kappa shape index (κ3) is 2.32. The highest BCUT2D eigenvalue weighted by molar-refractivity contribution is 5.88. The minimum atomic E-state index is -0.742. The zero-order chi connectivity index (χ0) is 16.3. The van der Waals surface area contributed by atoms with E-state index in [9.17, 15) is 20.2 Å². The van der Waals surface area contributed by atoms with E-state index in [0.717, 1.165) is 12.1 Å². The van der Waals surface area contributed by atoms with Gasteiger partial charge in [-0.15, -0.1) is 0 Å². The minimum Gasteiger partial charge on any atom is -0.258 e. The zero-order valence-electron chi connectivity index (χ0n) is 10.9. The van der Waals surface area contributed by atoms with Gasteiger partial charge in [0.15, 0.2) is 0 Å². The number of nitro groups is 2. The molecular weight excluding hydrogens is 288 g/mol. The quantitative estimate of drug-likeness (QED) is 0.630. The molecule has 2 aromatic carbocycles. The minimum absolute atomic E-state index is 0.111. The first-order valence-electron chi connectivity index (χ1n) is 5.86. The van der Waals surface area contributed by atoms with Crippen molar-refractivity contribution in [3.8, 4) is 23.3 Å². The summed E-state index contributed by atoms with van der Waals surface area (Å²) in [4.78, 5) is 20.9. The van der Waals surface area contributed by atoms with Gasteiger partial charge in [-0.25, -0.2) is 0 Å². The Hall–Kier alpha value is -3.78. The van der Waals surface area contributed by atoms with Crippen LogP contribution in [0, 0.1) is 42.9 Å². The summed E-state index contributed by atoms with van der Waals surface area (Å²) in [6.45, 7) is 0. The third-order valence-corrected chi connectivity index (χ3v) is 2.97. The van der Waals surface area contributed by atoms with Gasteiger partial charge in [0, 0.05) is 12.1 Å². The SMILES string of the molecule is N#Cc1cccc([N+](=O)[O-])c1-c1c(C#N)cccc1[N+](=O)[O-]. The molecule has 0 unspecified atom stereocenters. The van der Waals surface area contributed by atoms with Crippen molar-refractivity contribution >= 4 is 11.4 Å². The Bertz CT molecular complexity index is 804. The standard InChI is InChI=1S/C14H6N4O4/c15-7-9-3-1-5-11(17(19)20)13(9)14-10(8-16)4-2-6-12(14)18(21)22/h1-6H. The lowest BCUT2D eigenvalue weighted by atomic mass is 9.93. The average Bonchev–Trinajstić information content (AvgIpc) is 2.52. The summed E-state index contributed by atoms with van der Waals surface area (Å²) in [5.74, 6) is 0. The molecule has 0 fully saturated rings. The van der Waals surface area contributed by atoms with E-state index in [1.807, 2.05) is 0 Å². The van der Waals surface area contributed by atoms with Crippen LogP contribution in [0.1, 0.15) is 11.1 Å². The largest absolute Gasteiger partial charge is 0.278 e. The highest BCUT2D eigenvalue weighted by Crippen LogP contribution is 2.40. The molecule has 22 heavy (non-hydrogen) atoms. The van der Waals surface area contributed by atoms with Crippen LogP contribution in [-0.4, -0.2) is 9.85 Å². The lowest BCUT2D eigenvalue weighted by Gasteiger charge is -2.08. The van der Waals surface area contributed by atoms with Crippen LogP contribution in [-0.2, 0) is 0 Å². The highest BCUT2D eigenvalue weighted by Gasteiger charge is 2.28. The van der Waals surface area contributed by atoms with Crippen LogP contribution in [0.2, 0.25) is 0 Å². The summed E-state index contributed by atoms with van der Waals surface area (Å²) >= 11 is 0. The van der Waals surface area contributed by atoms with Gasteiger partial charge in [-0.05, 0) is 12.1 Å². The van der Waals surface area contributed by atoms with E-state index >= 15 is 0 Å². The lowest BCUT2D eigenvalue weighted by molar-refractivity contribution is -0.386. The first-order chi connectivity index (χ1) is 10.5. The molecule has 2 aromatic rings. The Balaban J connectivity index is 3.01. The van der Waals surface area contributed by atoms with Crippen molar-refractivity contribution in [3.63, 3.8) is 0 Å². The van der Waals surface area contributed by atoms with Gasteiger partial charge < -0.3 is 0 Å². The van der Waals surface area contributed by atoms with Crippen molar-refractivity contribution in [1.82, 2.24) is 0 Å². The molecule has 0 heterocycles. The van der Waals surface area contributed by atoms with Gasteiger partial charge in [0.1, 0.15) is 12.1 Å². The van der Waals surface area contributed by atoms with Crippen molar-refractivity contribution < 1.29 is 9.85 Å². The number of nitriles is 2. The molecule has 8 nitrogen and oxygen atoms in total. The van der Waals surface area contributed by atoms with Crippen molar-refractivity contribution in [1.29, 1.82) is 10.5 Å². The second-order valence-electron chi connectivity index (χ2n) is 4.14. The fourth-order valence-electron chi connectivity index (χ4n) is 2.10. The number of nitrogens with zero attached hydrogens (tertiary/aromatic N) is 4. The van der Waals surface area contributed by atoms with Crippen molar-refractivity contribution in [3.05, 3.63) is 67.8 Å². The summed E-state index contributed by atoms with van der Waals surface area (Å²) in [6.07, 6.45) is 0. The summed E-state index contributed by atoms with van der Waals surface area (Å²) in [7, 11) is 0. The maximum absolute atomic E-state index is 11.2. The normalized spacial score (nSPS) is 9.55. The Morgan fingerprint density at radius 2 is 1.14 bits per heavy atom. The molecule has 0 spiro atoms. The summed E-state index contributed by atoms with van der Waals surface area (Å²) in [5.41, 5.74) is -1.60. The smallest absolute Gasteiger partial charge is 0.258 e. The molecule has 0 aromatic heterocycles. The van der Waals surface area contributed by atoms with Gasteiger partial charge in [-0.3, -0.25) is 20.2 Å². The van der Waals surface area contributed by atoms with Gasteiger partial charge in [-0.2, -0.15) is 10.5 Å². The van der Waals surface area contributed by atoms with Crippen molar-refractivity contribution in [2.24, 2.45) is 0 Å². The lowest BCUT2D eigenvalue weighted by Crippen LogP contribution is -2.00. The molecule has 0 aliphatic carbocycles. The van der Waals surface area contributed by atoms with E-state index in [-0.39, 0.29) is 22.3 Å². The Kier molecular flexibility index (Phi) is 3.78. The predicted octanol–water partition coefficient (Wildman–Crippen LogP) is 2.91. The number of benzene rings is 2. The van der Waals surface area contributed by atoms with Gasteiger partial charge in [0.05, 0.1) is 32.1 Å². The van der Waals surface area contributed by atoms with E-state index in [4.69, 9.17) is 10.5 Å². The molecule has 106 valence electrons. The summed E-state index contributed by atoms with van der Waals surface area (Å²) < 4.78 is 0. The van der Waals surface area contributed by atoms with E-state index in [0.29, 0.717) is 0 Å². The second-order valence-corrected chi connectivity index (χ2v) is 4.14. The summed E-state index contributed by atoms with van der Waals surface area (Å²) in [6, 6.07) is 11.0. The Morgan fingerprint density at radius 1 is 0.773 bits per heavy atom. The van der Waals surface area contributed by atoms with Gasteiger partial charge in [0.25, 0.3) is 11.4 Å². The molecule has 0 N–H and O–H groups in total. The van der Waals surface area contributed by atoms with Crippen LogP contribution in [0.5, 0.6) is 0 Å². The number of nitro benzene ring substituents is 2. The zero-order valence-corrected chi connectivity index (χ0v) is 10.9. The molecule has 0 saturated heterocycles. The van der Waals surface area contributed by atoms with Crippen LogP contribution >= 0.6 is 0 Å². The molecule has 0 atom stereocenters. The molecule has 8 heteroatoms. The predicted molar refractivity (Wildman–Crippen MR) is 74.6 cm³/mol. The van der Waals surface area contributed by atoms with Crippen LogP contribution in [0.15, 0.2) is 36.4 Å². The van der Waals surface area contributed by atoms with Crippen molar-refractivity contribution in [2.45, 2.75) is 0 Å². The van der Waals surface area contributed by atoms with Crippen LogP contribution < -0.4 is 0 Å². The average molecular weight is 294 g/mol. The molecule has 0 radical (unpaired) electrons. The van der Waals surface area contributed by atoms with E-state index in [1.54, 1.807) is 12.1 Å². The molecule has 0 amide bonds. The highest BCUT2D eigenvalue weighted by atomic mass is 16.6. The molecule has 0 saturated carbocycles. The van der Waals surface area contributed by atoms with E-state index in [1.165, 1.54) is 24.3 Å². The fourth-order valence-corrected chi connectivity index (χ4v) is 2.10. The number of hydrogen-bond donors (Lipinski definition) is 0. The van der Waals surface area contributed by atoms with Crippen molar-refractivity contribution in [2.75, 3.05) is 0 Å². The van der Waals surface area contributed by atoms with Gasteiger partial charge >= 0.3 is 0 Å². The van der Waals surface area contributed by atoms with Gasteiger partial charge in [-0.1, -0.05) is 12.1 Å². The third-order valence-electron chi connectivity index (χ3n) is 2.97. The number of rotatable bonds is 3. The van der Waals surface area contributed by atoms with Crippen LogP contribution in [0.25, 0.3) is 11.1 Å². The maximum atomic E-state index is 11.2. The summed E-state index contributed by atoms with van der Waals surface area (Å²) in [5, 5.41) is 40.7. The molecule has 0 aliphatic rings. The molecule has 2 rings (SSSR count). The van der Waals surface area contributed by atoms with Crippen LogP contribution in [0.4, 0.5) is 11.4 Å². The van der Waals surface area contributed by atoms with E-state index < -0.39 is 21.2 Å². The molecular formula is C14H6N4O4. The van der Waals surface area contributed by atoms with Gasteiger partial charge in [0.2, 0.25) is 0 Å².